The van der Waals surface area contributed by atoms with Gasteiger partial charge in [-0.3, -0.25) is 33.5 Å². The first kappa shape index (κ1) is 57.4. The van der Waals surface area contributed by atoms with Gasteiger partial charge in [-0.25, -0.2) is 43.3 Å². The van der Waals surface area contributed by atoms with E-state index in [4.69, 9.17) is 34.4 Å². The van der Waals surface area contributed by atoms with Crippen molar-refractivity contribution in [2.24, 2.45) is 5.92 Å². The van der Waals surface area contributed by atoms with Crippen molar-refractivity contribution in [1.82, 2.24) is 61.5 Å². The maximum atomic E-state index is 14.2. The van der Waals surface area contributed by atoms with E-state index in [0.29, 0.717) is 68.7 Å². The maximum Gasteiger partial charge on any atom is 0.303 e. The number of pyridine rings is 1. The zero-order valence-electron chi connectivity index (χ0n) is 43.4. The number of esters is 1. The molecule has 4 atom stereocenters. The minimum absolute atomic E-state index is 0.0100. The van der Waals surface area contributed by atoms with Crippen LogP contribution in [0.4, 0.5) is 5.82 Å². The van der Waals surface area contributed by atoms with E-state index in [0.717, 1.165) is 51.6 Å². The highest BCUT2D eigenvalue weighted by Crippen LogP contribution is 2.41. The maximum absolute atomic E-state index is 14.2. The molecule has 0 saturated heterocycles. The number of aryl methyl sites for hydroxylation is 1. The summed E-state index contributed by atoms with van der Waals surface area (Å²) in [5.74, 6) is -3.73. The van der Waals surface area contributed by atoms with Crippen LogP contribution in [0.2, 0.25) is 0 Å². The molecule has 416 valence electrons. The molecule has 0 radical (unpaired) electrons. The Morgan fingerprint density at radius 1 is 0.713 bits per heavy atom. The summed E-state index contributed by atoms with van der Waals surface area (Å²) >= 11 is 7.02. The fourth-order valence-electron chi connectivity index (χ4n) is 8.12. The van der Waals surface area contributed by atoms with E-state index in [1.807, 2.05) is 13.8 Å². The van der Waals surface area contributed by atoms with E-state index in [-0.39, 0.29) is 46.9 Å². The van der Waals surface area contributed by atoms with Crippen LogP contribution < -0.4 is 31.3 Å². The molecule has 1 aromatic carbocycles. The molecule has 23 nitrogen and oxygen atoms in total. The second-order valence-electron chi connectivity index (χ2n) is 18.1. The lowest BCUT2D eigenvalue weighted by atomic mass is 10.0. The number of carbonyl (C=O) groups excluding carboxylic acids is 6. The molecular formula is C50H49N13O10S7. The van der Waals surface area contributed by atoms with Crippen molar-refractivity contribution in [3.8, 4) is 43.4 Å². The quantitative estimate of drug-likeness (QED) is 0.0694. The predicted molar refractivity (Wildman–Crippen MR) is 305 cm³/mol. The smallest absolute Gasteiger partial charge is 0.303 e. The Balaban J connectivity index is 1.16. The number of ether oxygens (including phenoxy) is 2. The molecule has 7 aromatic heterocycles. The molecule has 30 heteroatoms. The Hall–Kier alpha value is -7.32. The summed E-state index contributed by atoms with van der Waals surface area (Å²) < 4.78 is 37.9. The van der Waals surface area contributed by atoms with Gasteiger partial charge in [0, 0.05) is 53.0 Å². The number of methoxy groups -OCH3 is 1. The number of rotatable bonds is 11. The zero-order valence-corrected chi connectivity index (χ0v) is 49.1. The Bertz CT molecular complexity index is 3760. The largest absolute Gasteiger partial charge is 0.455 e. The molecule has 0 saturated carbocycles. The molecule has 80 heavy (non-hydrogen) atoms. The van der Waals surface area contributed by atoms with Gasteiger partial charge in [0.05, 0.1) is 48.5 Å². The van der Waals surface area contributed by atoms with Gasteiger partial charge in [0.15, 0.2) is 11.9 Å². The van der Waals surface area contributed by atoms with Gasteiger partial charge in [0.25, 0.3) is 17.7 Å². The van der Waals surface area contributed by atoms with E-state index in [2.05, 4.69) is 41.3 Å². The topological polar surface area (TPSA) is 317 Å². The van der Waals surface area contributed by atoms with E-state index in [9.17, 15) is 37.2 Å². The molecule has 6 N–H and O–H groups in total. The number of hydrogen-bond acceptors (Lipinski definition) is 23. The van der Waals surface area contributed by atoms with Crippen molar-refractivity contribution in [2.75, 3.05) is 31.7 Å². The molecular weight excluding hydrogens is 1170 g/mol. The average molecular weight is 1220 g/mol. The Morgan fingerprint density at radius 2 is 1.41 bits per heavy atom. The third-order valence-corrected chi connectivity index (χ3v) is 18.1. The summed E-state index contributed by atoms with van der Waals surface area (Å²) in [5.41, 5.74) is 2.55. The van der Waals surface area contributed by atoms with Crippen LogP contribution in [0.1, 0.15) is 113 Å². The van der Waals surface area contributed by atoms with E-state index >= 15 is 0 Å². The Morgan fingerprint density at radius 3 is 2.14 bits per heavy atom. The van der Waals surface area contributed by atoms with Crippen molar-refractivity contribution in [3.05, 3.63) is 111 Å². The summed E-state index contributed by atoms with van der Waals surface area (Å²) in [6, 6.07) is 9.44. The summed E-state index contributed by atoms with van der Waals surface area (Å²) in [6.45, 7) is 6.15. The number of thiazole rings is 6. The van der Waals surface area contributed by atoms with Crippen LogP contribution in [0.5, 0.6) is 0 Å². The standard InChI is InChI=1S/C50H49N13O10S7/c1-22(2)36-50-62-39(32(79-50)17-72-6)43(68)52-16-35(66)59-40(41(73-24(4)64)25-11-9-8-10-12-25)49-57-31(20-76-49)47-55-29(18-75-47)38-26(13-14-27(53-38)46-58-33(21-77-46)63-80(7,70)71)45-56-30(19-74-45)42(67)54-28(15-34(65)51-5)48-61-37(23(3)78-48)44(69)60-36/h8-14,18-22,28,36,40-41,63H,15-17H2,1-7H3,(H,51,65)(H,52,68)(H,54,67)(H,59,66)(H,60,69)/t28-,36+,40-,41-/m0/s1. The van der Waals surface area contributed by atoms with Gasteiger partial charge in [0.1, 0.15) is 70.3 Å². The third kappa shape index (κ3) is 13.3. The Labute approximate surface area is 481 Å². The van der Waals surface area contributed by atoms with Crippen LogP contribution in [0.25, 0.3) is 43.4 Å². The summed E-state index contributed by atoms with van der Waals surface area (Å²) in [4.78, 5) is 117. The van der Waals surface area contributed by atoms with Crippen LogP contribution in [0.15, 0.2) is 64.0 Å². The second kappa shape index (κ2) is 24.6. The normalized spacial score (nSPS) is 16.7. The van der Waals surface area contributed by atoms with Crippen LogP contribution in [-0.2, 0) is 40.5 Å². The number of aromatic nitrogens is 7. The third-order valence-electron chi connectivity index (χ3n) is 11.8. The first-order chi connectivity index (χ1) is 38.2. The van der Waals surface area contributed by atoms with Crippen molar-refractivity contribution in [2.45, 2.75) is 65.0 Å². The number of anilines is 1. The van der Waals surface area contributed by atoms with Crippen molar-refractivity contribution >= 4 is 119 Å². The number of sulfonamides is 1. The van der Waals surface area contributed by atoms with Gasteiger partial charge in [-0.1, -0.05) is 44.2 Å². The molecule has 9 rings (SSSR count). The molecule has 8 heterocycles. The van der Waals surface area contributed by atoms with E-state index in [1.54, 1.807) is 70.9 Å². The number of benzene rings is 1. The van der Waals surface area contributed by atoms with Gasteiger partial charge in [-0.15, -0.1) is 68.0 Å². The lowest BCUT2D eigenvalue weighted by Gasteiger charge is -2.26. The number of amides is 5. The monoisotopic (exact) mass is 1220 g/mol. The fourth-order valence-corrected chi connectivity index (χ4v) is 14.2. The Kier molecular flexibility index (Phi) is 17.6. The van der Waals surface area contributed by atoms with Gasteiger partial charge in [-0.05, 0) is 30.5 Å². The SMILES string of the molecule is CNC(=O)C[C@@H]1NC(=O)c2csc(n2)-c2ccc(-c3nc(NS(C)(=O)=O)cs3)nc2-c2csc(n2)-c2csc(n2)[C@H]([C@@H](OC(C)=O)c2ccccc2)NC(=O)CNC(=O)c2nc(sc2COC)[C@@H](C(C)C)NC(=O)c2nc1sc2C. The van der Waals surface area contributed by atoms with Crippen LogP contribution >= 0.6 is 68.0 Å². The molecule has 10 bridgehead atoms. The summed E-state index contributed by atoms with van der Waals surface area (Å²) in [6.07, 6.45) is -0.290. The molecule has 0 fully saturated rings. The van der Waals surface area contributed by atoms with Crippen LogP contribution in [-0.4, -0.2) is 106 Å². The lowest BCUT2D eigenvalue weighted by molar-refractivity contribution is -0.149. The van der Waals surface area contributed by atoms with Crippen LogP contribution in [0.3, 0.4) is 0 Å². The molecule has 0 aliphatic carbocycles. The molecule has 0 unspecified atom stereocenters. The lowest BCUT2D eigenvalue weighted by Crippen LogP contribution is -2.41. The average Bonchev–Trinajstić information content (AvgIpc) is 4.32. The molecule has 5 amide bonds. The predicted octanol–water partition coefficient (Wildman–Crippen LogP) is 7.25. The van der Waals surface area contributed by atoms with E-state index in [1.165, 1.54) is 43.8 Å². The van der Waals surface area contributed by atoms with Gasteiger partial charge in [0.2, 0.25) is 21.8 Å². The minimum Gasteiger partial charge on any atom is -0.455 e. The molecule has 1 aliphatic rings. The molecule has 0 spiro atoms. The van der Waals surface area contributed by atoms with Crippen molar-refractivity contribution < 1.29 is 46.7 Å². The number of nitrogens with zero attached hydrogens (tertiary/aromatic N) is 7. The first-order valence-corrected chi connectivity index (χ1v) is 31.2. The van der Waals surface area contributed by atoms with Crippen molar-refractivity contribution in [3.63, 3.8) is 0 Å². The molecule has 1 aliphatic heterocycles. The highest BCUT2D eigenvalue weighted by molar-refractivity contribution is 7.92. The summed E-state index contributed by atoms with van der Waals surface area (Å²) in [5, 5.41) is 23.0. The number of hydrogen-bond donors (Lipinski definition) is 6. The van der Waals surface area contributed by atoms with Gasteiger partial charge >= 0.3 is 5.97 Å². The fraction of sp³-hybridized carbons (Fsp3) is 0.300. The zero-order chi connectivity index (χ0) is 57.0. The highest BCUT2D eigenvalue weighted by Gasteiger charge is 2.34. The highest BCUT2D eigenvalue weighted by atomic mass is 32.2. The number of nitrogens with one attached hydrogen (secondary N) is 6. The number of carbonyl (C=O) groups is 6. The van der Waals surface area contributed by atoms with Crippen LogP contribution in [0, 0.1) is 12.8 Å². The van der Waals surface area contributed by atoms with E-state index < -0.39 is 76.3 Å². The van der Waals surface area contributed by atoms with Crippen molar-refractivity contribution in [1.29, 1.82) is 0 Å². The second-order valence-corrected chi connectivity index (χ2v) is 25.7. The van der Waals surface area contributed by atoms with Gasteiger partial charge in [-0.2, -0.15) is 0 Å². The summed E-state index contributed by atoms with van der Waals surface area (Å²) in [7, 11) is -0.716. The first-order valence-electron chi connectivity index (χ1n) is 24.2. The van der Waals surface area contributed by atoms with Gasteiger partial charge < -0.3 is 36.1 Å². The molecule has 8 aromatic rings. The minimum atomic E-state index is -3.64. The number of fused-ring (bicyclic) bond motifs is 14.